The summed E-state index contributed by atoms with van der Waals surface area (Å²) >= 11 is 0. The van der Waals surface area contributed by atoms with Crippen molar-refractivity contribution in [2.75, 3.05) is 0 Å². The molecule has 0 aliphatic heterocycles. The predicted molar refractivity (Wildman–Crippen MR) is 147 cm³/mol. The summed E-state index contributed by atoms with van der Waals surface area (Å²) in [6.45, 7) is 16.1. The summed E-state index contributed by atoms with van der Waals surface area (Å²) in [6.07, 6.45) is 5.48. The lowest BCUT2D eigenvalue weighted by Crippen LogP contribution is -2.44. The summed E-state index contributed by atoms with van der Waals surface area (Å²) in [5.74, 6) is -1.29. The van der Waals surface area contributed by atoms with Crippen molar-refractivity contribution in [3.63, 3.8) is 0 Å². The standard InChI is InChI=1S/C25H44O6.4CH4/c1-10-24(8,20(27)29-18-14-12-11-13-15-18)17-25(9,21(28)31-23(5,6)7)16-19(26)30-22(2,3)4;;;;/h18H,10-17H2,1-9H3;4*1H4. The maximum atomic E-state index is 13.2. The molecule has 1 saturated carbocycles. The van der Waals surface area contributed by atoms with Crippen LogP contribution in [0.4, 0.5) is 0 Å². The molecule has 0 amide bonds. The molecule has 0 N–H and O–H groups in total. The van der Waals surface area contributed by atoms with Crippen molar-refractivity contribution >= 4 is 17.9 Å². The molecule has 0 heterocycles. The fourth-order valence-electron chi connectivity index (χ4n) is 3.98. The van der Waals surface area contributed by atoms with E-state index in [1.165, 1.54) is 6.42 Å². The molecule has 1 aliphatic carbocycles. The normalized spacial score (nSPS) is 17.4. The Balaban J connectivity index is -0.00000120. The molecular weight excluding hydrogens is 444 g/mol. The average molecular weight is 505 g/mol. The van der Waals surface area contributed by atoms with E-state index < -0.39 is 34.0 Å². The molecule has 6 nitrogen and oxygen atoms in total. The molecule has 0 aromatic carbocycles. The van der Waals surface area contributed by atoms with Crippen molar-refractivity contribution in [3.05, 3.63) is 0 Å². The van der Waals surface area contributed by atoms with Crippen LogP contribution in [-0.2, 0) is 28.6 Å². The Bertz CT molecular complexity index is 637. The van der Waals surface area contributed by atoms with Gasteiger partial charge in [0.2, 0.25) is 0 Å². The molecule has 6 heteroatoms. The molecule has 0 aromatic heterocycles. The largest absolute Gasteiger partial charge is 0.462 e. The van der Waals surface area contributed by atoms with E-state index in [0.29, 0.717) is 6.42 Å². The molecule has 0 radical (unpaired) electrons. The SMILES string of the molecule is C.C.C.C.CCC(C)(CC(C)(CC(=O)OC(C)(C)C)C(=O)OC(C)(C)C)C(=O)OC1CCCCC1. The van der Waals surface area contributed by atoms with Gasteiger partial charge < -0.3 is 14.2 Å². The molecule has 2 atom stereocenters. The van der Waals surface area contributed by atoms with Gasteiger partial charge >= 0.3 is 17.9 Å². The first kappa shape index (κ1) is 40.6. The Morgan fingerprint density at radius 1 is 0.686 bits per heavy atom. The number of esters is 3. The molecule has 2 unspecified atom stereocenters. The first-order valence-electron chi connectivity index (χ1n) is 11.7. The van der Waals surface area contributed by atoms with Crippen LogP contribution in [0.5, 0.6) is 0 Å². The van der Waals surface area contributed by atoms with Gasteiger partial charge in [-0.2, -0.15) is 0 Å². The lowest BCUT2D eigenvalue weighted by molar-refractivity contribution is -0.180. The van der Waals surface area contributed by atoms with Gasteiger partial charge in [0.25, 0.3) is 0 Å². The molecule has 0 bridgehead atoms. The number of rotatable bonds is 8. The molecule has 0 saturated heterocycles. The van der Waals surface area contributed by atoms with Gasteiger partial charge in [-0.1, -0.05) is 43.1 Å². The van der Waals surface area contributed by atoms with E-state index >= 15 is 0 Å². The number of hydrogen-bond donors (Lipinski definition) is 0. The number of carbonyl (C=O) groups is 3. The Kier molecular flexibility index (Phi) is 18.0. The van der Waals surface area contributed by atoms with Crippen LogP contribution < -0.4 is 0 Å². The minimum atomic E-state index is -1.22. The molecule has 1 fully saturated rings. The first-order valence-corrected chi connectivity index (χ1v) is 11.7. The van der Waals surface area contributed by atoms with Crippen LogP contribution in [0.15, 0.2) is 0 Å². The van der Waals surface area contributed by atoms with Crippen molar-refractivity contribution in [2.45, 2.75) is 161 Å². The Labute approximate surface area is 218 Å². The first-order chi connectivity index (χ1) is 14.0. The molecule has 1 rings (SSSR count). The molecule has 0 spiro atoms. The van der Waals surface area contributed by atoms with Crippen LogP contribution >= 0.6 is 0 Å². The maximum absolute atomic E-state index is 13.2. The highest BCUT2D eigenvalue weighted by atomic mass is 16.6. The van der Waals surface area contributed by atoms with Crippen LogP contribution in [0, 0.1) is 10.8 Å². The summed E-state index contributed by atoms with van der Waals surface area (Å²) < 4.78 is 17.0. The lowest BCUT2D eigenvalue weighted by atomic mass is 9.69. The van der Waals surface area contributed by atoms with E-state index in [2.05, 4.69) is 0 Å². The van der Waals surface area contributed by atoms with Crippen molar-refractivity contribution in [1.29, 1.82) is 0 Å². The van der Waals surface area contributed by atoms with E-state index in [1.54, 1.807) is 48.5 Å². The van der Waals surface area contributed by atoms with Crippen molar-refractivity contribution in [3.8, 4) is 0 Å². The summed E-state index contributed by atoms with van der Waals surface area (Å²) in [6, 6.07) is 0. The minimum Gasteiger partial charge on any atom is -0.462 e. The van der Waals surface area contributed by atoms with Crippen molar-refractivity contribution < 1.29 is 28.6 Å². The van der Waals surface area contributed by atoms with Gasteiger partial charge in [-0.15, -0.1) is 0 Å². The number of carbonyl (C=O) groups excluding carboxylic acids is 3. The summed E-state index contributed by atoms with van der Waals surface area (Å²) in [5.41, 5.74) is -3.51. The van der Waals surface area contributed by atoms with Crippen LogP contribution in [0.3, 0.4) is 0 Å². The fraction of sp³-hybridized carbons (Fsp3) is 0.897. The maximum Gasteiger partial charge on any atom is 0.312 e. The van der Waals surface area contributed by atoms with Gasteiger partial charge in [-0.25, -0.2) is 0 Å². The highest BCUT2D eigenvalue weighted by molar-refractivity contribution is 5.85. The van der Waals surface area contributed by atoms with Crippen LogP contribution in [0.1, 0.15) is 143 Å². The van der Waals surface area contributed by atoms with E-state index in [9.17, 15) is 14.4 Å². The topological polar surface area (TPSA) is 78.9 Å². The van der Waals surface area contributed by atoms with Gasteiger partial charge in [-0.05, 0) is 93.9 Å². The Morgan fingerprint density at radius 3 is 1.54 bits per heavy atom. The van der Waals surface area contributed by atoms with Gasteiger partial charge in [-0.3, -0.25) is 14.4 Å². The summed E-state index contributed by atoms with van der Waals surface area (Å²) in [4.78, 5) is 39.0. The average Bonchev–Trinajstić information content (AvgIpc) is 2.59. The minimum absolute atomic E-state index is 0. The van der Waals surface area contributed by atoms with E-state index in [4.69, 9.17) is 14.2 Å². The smallest absolute Gasteiger partial charge is 0.312 e. The van der Waals surface area contributed by atoms with E-state index in [0.717, 1.165) is 25.7 Å². The van der Waals surface area contributed by atoms with Gasteiger partial charge in [0.15, 0.2) is 0 Å². The third-order valence-electron chi connectivity index (χ3n) is 5.73. The van der Waals surface area contributed by atoms with Crippen molar-refractivity contribution in [1.82, 2.24) is 0 Å². The van der Waals surface area contributed by atoms with E-state index in [1.807, 2.05) is 13.8 Å². The number of hydrogen-bond acceptors (Lipinski definition) is 6. The van der Waals surface area contributed by atoms with Crippen LogP contribution in [0.25, 0.3) is 0 Å². The highest BCUT2D eigenvalue weighted by Gasteiger charge is 2.48. The third-order valence-corrected chi connectivity index (χ3v) is 5.73. The molecule has 212 valence electrons. The lowest BCUT2D eigenvalue weighted by Gasteiger charge is -2.38. The molecular formula is C29H60O6. The zero-order chi connectivity index (χ0) is 24.1. The molecule has 35 heavy (non-hydrogen) atoms. The third kappa shape index (κ3) is 13.9. The highest BCUT2D eigenvalue weighted by Crippen LogP contribution is 2.42. The monoisotopic (exact) mass is 504 g/mol. The second-order valence-electron chi connectivity index (χ2n) is 11.6. The quantitative estimate of drug-likeness (QED) is 0.244. The van der Waals surface area contributed by atoms with Crippen molar-refractivity contribution in [2.24, 2.45) is 10.8 Å². The fourth-order valence-corrected chi connectivity index (χ4v) is 3.98. The summed E-state index contributed by atoms with van der Waals surface area (Å²) in [5, 5.41) is 0. The van der Waals surface area contributed by atoms with Crippen LogP contribution in [-0.4, -0.2) is 35.2 Å². The van der Waals surface area contributed by atoms with Gasteiger partial charge in [0.1, 0.15) is 17.3 Å². The van der Waals surface area contributed by atoms with Gasteiger partial charge in [0, 0.05) is 0 Å². The van der Waals surface area contributed by atoms with E-state index in [-0.39, 0.29) is 54.6 Å². The molecule has 0 aromatic rings. The predicted octanol–water partition coefficient (Wildman–Crippen LogP) is 8.29. The Morgan fingerprint density at radius 2 is 1.14 bits per heavy atom. The summed E-state index contributed by atoms with van der Waals surface area (Å²) in [7, 11) is 0. The van der Waals surface area contributed by atoms with Crippen LogP contribution in [0.2, 0.25) is 0 Å². The second-order valence-corrected chi connectivity index (χ2v) is 11.6. The zero-order valence-corrected chi connectivity index (χ0v) is 21.2. The number of ether oxygens (including phenoxy) is 3. The Hall–Kier alpha value is -1.59. The second kappa shape index (κ2) is 15.5. The van der Waals surface area contributed by atoms with Gasteiger partial charge in [0.05, 0.1) is 17.3 Å². The molecule has 1 aliphatic rings. The zero-order valence-electron chi connectivity index (χ0n) is 21.2.